The van der Waals surface area contributed by atoms with Gasteiger partial charge < -0.3 is 10.6 Å². The van der Waals surface area contributed by atoms with Crippen LogP contribution in [0.3, 0.4) is 0 Å². The molecule has 1 saturated carbocycles. The number of anilines is 2. The maximum Gasteiger partial charge on any atom is 0.151 e. The van der Waals surface area contributed by atoms with E-state index in [4.69, 9.17) is 0 Å². The van der Waals surface area contributed by atoms with Crippen molar-refractivity contribution in [3.8, 4) is 12.1 Å². The van der Waals surface area contributed by atoms with Crippen LogP contribution in [0.4, 0.5) is 20.2 Å². The average molecular weight is 572 g/mol. The lowest BCUT2D eigenvalue weighted by Gasteiger charge is -2.31. The molecule has 1 fully saturated rings. The summed E-state index contributed by atoms with van der Waals surface area (Å²) in [5, 5.41) is 35.3. The molecule has 3 aromatic carbocycles. The van der Waals surface area contributed by atoms with Crippen molar-refractivity contribution in [2.45, 2.75) is 43.2 Å². The van der Waals surface area contributed by atoms with Crippen LogP contribution in [0.25, 0.3) is 10.9 Å². The smallest absolute Gasteiger partial charge is 0.151 e. The van der Waals surface area contributed by atoms with Crippen LogP contribution in [0.1, 0.15) is 60.2 Å². The first-order valence-corrected chi connectivity index (χ1v) is 14.1. The van der Waals surface area contributed by atoms with Crippen LogP contribution in [0.2, 0.25) is 0 Å². The molecule has 43 heavy (non-hydrogen) atoms. The largest absolute Gasteiger partial charge is 0.377 e. The van der Waals surface area contributed by atoms with E-state index in [0.29, 0.717) is 40.5 Å². The first-order valence-electron chi connectivity index (χ1n) is 14.1. The number of nitrogens with one attached hydrogen (secondary N) is 2. The molecule has 0 saturated heterocycles. The zero-order chi connectivity index (χ0) is 30.0. The molecule has 5 aromatic rings. The van der Waals surface area contributed by atoms with Crippen LogP contribution in [0.5, 0.6) is 0 Å². The van der Waals surface area contributed by atoms with Crippen molar-refractivity contribution in [3.05, 3.63) is 113 Å². The Morgan fingerprint density at radius 2 is 1.84 bits per heavy atom. The number of hydrogen-bond acceptors (Lipinski definition) is 7. The maximum absolute atomic E-state index is 15.7. The van der Waals surface area contributed by atoms with Crippen LogP contribution < -0.4 is 10.6 Å². The number of nitrogens with zero attached hydrogens (tertiary/aromatic N) is 6. The van der Waals surface area contributed by atoms with Crippen LogP contribution in [0, 0.1) is 34.3 Å². The predicted octanol–water partition coefficient (Wildman–Crippen LogP) is 5.71. The first-order chi connectivity index (χ1) is 20.9. The van der Waals surface area contributed by atoms with Crippen molar-refractivity contribution < 1.29 is 8.78 Å². The first kappa shape index (κ1) is 27.9. The highest BCUT2D eigenvalue weighted by Gasteiger charge is 2.34. The third kappa shape index (κ3) is 5.62. The topological polar surface area (TPSA) is 115 Å². The highest BCUT2D eigenvalue weighted by molar-refractivity contribution is 6.19. The minimum Gasteiger partial charge on any atom is -0.377 e. The summed E-state index contributed by atoms with van der Waals surface area (Å²) in [5.41, 5.74) is 2.40. The van der Waals surface area contributed by atoms with Crippen molar-refractivity contribution in [1.82, 2.24) is 20.0 Å². The van der Waals surface area contributed by atoms with E-state index >= 15 is 4.39 Å². The molecule has 2 heterocycles. The van der Waals surface area contributed by atoms with Gasteiger partial charge in [-0.2, -0.15) is 10.5 Å². The van der Waals surface area contributed by atoms with Crippen molar-refractivity contribution in [2.75, 3.05) is 10.6 Å². The van der Waals surface area contributed by atoms with Gasteiger partial charge in [0.25, 0.3) is 0 Å². The van der Waals surface area contributed by atoms with Gasteiger partial charge in [0.15, 0.2) is 5.82 Å². The summed E-state index contributed by atoms with van der Waals surface area (Å²) in [5.74, 6) is -0.955. The molecule has 6 rings (SSSR count). The summed E-state index contributed by atoms with van der Waals surface area (Å²) >= 11 is 0. The van der Waals surface area contributed by atoms with E-state index in [-0.39, 0.29) is 29.4 Å². The molecule has 0 spiro atoms. The molecule has 1 aliphatic rings. The van der Waals surface area contributed by atoms with E-state index in [1.165, 1.54) is 24.4 Å². The third-order valence-electron chi connectivity index (χ3n) is 7.87. The summed E-state index contributed by atoms with van der Waals surface area (Å²) in [6, 6.07) is 23.1. The molecule has 0 aliphatic heterocycles. The monoisotopic (exact) mass is 572 g/mol. The number of nitriles is 2. The number of rotatable bonds is 10. The van der Waals surface area contributed by atoms with E-state index < -0.39 is 11.3 Å². The molecule has 2 atom stereocenters. The Bertz CT molecular complexity index is 1860. The normalized spacial score (nSPS) is 14.8. The summed E-state index contributed by atoms with van der Waals surface area (Å²) in [6.07, 6.45) is 6.05. The molecule has 2 N–H and O–H groups in total. The molecular weight excluding hydrogens is 545 g/mol. The average Bonchev–Trinajstić information content (AvgIpc) is 3.75. The van der Waals surface area contributed by atoms with Gasteiger partial charge in [0.2, 0.25) is 0 Å². The lowest BCUT2D eigenvalue weighted by atomic mass is 9.69. The van der Waals surface area contributed by atoms with E-state index in [2.05, 4.69) is 38.1 Å². The van der Waals surface area contributed by atoms with Gasteiger partial charge in [-0.05, 0) is 54.7 Å². The Morgan fingerprint density at radius 1 is 1.07 bits per heavy atom. The standard InChI is InChI=1S/C32H27BF2N8/c33-32(22-8-10-23(34)11-9-22,29-19-43(42-41-29)25-12-13-25)40-24-15-26-30(21(17-37)18-38-31(26)27(35)16-24)39-28(7-4-14-36)20-5-2-1-3-6-20/h1-3,5-6,8-11,15-16,18-19,25,28,40H,4,7,12-13,33H2,(H,38,39). The molecule has 212 valence electrons. The van der Waals surface area contributed by atoms with Crippen molar-refractivity contribution in [2.24, 2.45) is 0 Å². The van der Waals surface area contributed by atoms with Gasteiger partial charge in [-0.3, -0.25) is 4.98 Å². The van der Waals surface area contributed by atoms with Crippen molar-refractivity contribution in [3.63, 3.8) is 0 Å². The van der Waals surface area contributed by atoms with E-state index in [1.807, 2.05) is 49.1 Å². The molecule has 2 aromatic heterocycles. The Morgan fingerprint density at radius 3 is 2.53 bits per heavy atom. The van der Waals surface area contributed by atoms with Crippen molar-refractivity contribution in [1.29, 1.82) is 10.5 Å². The van der Waals surface area contributed by atoms with Gasteiger partial charge in [-0.1, -0.05) is 47.7 Å². The number of aromatic nitrogens is 4. The van der Waals surface area contributed by atoms with E-state index in [9.17, 15) is 14.9 Å². The molecular formula is C32H27BF2N8. The van der Waals surface area contributed by atoms with Crippen LogP contribution in [0.15, 0.2) is 79.1 Å². The van der Waals surface area contributed by atoms with Gasteiger partial charge in [-0.15, -0.1) is 5.10 Å². The van der Waals surface area contributed by atoms with Crippen molar-refractivity contribution >= 4 is 30.1 Å². The summed E-state index contributed by atoms with van der Waals surface area (Å²) in [4.78, 5) is 4.26. The fourth-order valence-corrected chi connectivity index (χ4v) is 5.34. The molecule has 8 nitrogen and oxygen atoms in total. The summed E-state index contributed by atoms with van der Waals surface area (Å²) < 4.78 is 31.5. The Hall–Kier alpha value is -5.29. The van der Waals surface area contributed by atoms with Gasteiger partial charge in [0, 0.05) is 23.7 Å². The summed E-state index contributed by atoms with van der Waals surface area (Å²) in [6.45, 7) is 0. The fraction of sp³-hybridized carbons (Fsp3) is 0.219. The second kappa shape index (κ2) is 11.5. The van der Waals surface area contributed by atoms with Gasteiger partial charge in [-0.25, -0.2) is 13.5 Å². The van der Waals surface area contributed by atoms with Gasteiger partial charge in [0.1, 0.15) is 30.9 Å². The van der Waals surface area contributed by atoms with Gasteiger partial charge in [0.05, 0.1) is 41.0 Å². The number of hydrogen-bond donors (Lipinski definition) is 2. The minimum atomic E-state index is -1.01. The lowest BCUT2D eigenvalue weighted by molar-refractivity contribution is 0.610. The Kier molecular flexibility index (Phi) is 7.48. The SMILES string of the molecule is BC(Nc1cc(F)c2ncc(C#N)c(NC(CCC#N)c3ccccc3)c2c1)(c1ccc(F)cc1)c1cn(C2CC2)nn1. The van der Waals surface area contributed by atoms with Gasteiger partial charge >= 0.3 is 0 Å². The number of benzene rings is 3. The summed E-state index contributed by atoms with van der Waals surface area (Å²) in [7, 11) is 1.89. The Balaban J connectivity index is 1.45. The second-order valence-corrected chi connectivity index (χ2v) is 10.9. The highest BCUT2D eigenvalue weighted by atomic mass is 19.1. The van der Waals surface area contributed by atoms with Crippen LogP contribution in [-0.2, 0) is 5.44 Å². The quantitative estimate of drug-likeness (QED) is 0.206. The fourth-order valence-electron chi connectivity index (χ4n) is 5.34. The van der Waals surface area contributed by atoms with E-state index in [0.717, 1.165) is 18.4 Å². The third-order valence-corrected chi connectivity index (χ3v) is 7.87. The number of pyridine rings is 1. The highest BCUT2D eigenvalue weighted by Crippen LogP contribution is 2.38. The maximum atomic E-state index is 15.7. The molecule has 0 amide bonds. The van der Waals surface area contributed by atoms with Crippen LogP contribution >= 0.6 is 0 Å². The molecule has 1 aliphatic carbocycles. The zero-order valence-corrected chi connectivity index (χ0v) is 23.4. The zero-order valence-electron chi connectivity index (χ0n) is 23.4. The minimum absolute atomic E-state index is 0.0994. The molecule has 0 bridgehead atoms. The molecule has 0 radical (unpaired) electrons. The molecule has 11 heteroatoms. The number of fused-ring (bicyclic) bond motifs is 1. The lowest BCUT2D eigenvalue weighted by Crippen LogP contribution is -2.38. The predicted molar refractivity (Wildman–Crippen MR) is 162 cm³/mol. The number of halogens is 2. The molecule has 2 unspecified atom stereocenters. The van der Waals surface area contributed by atoms with Crippen LogP contribution in [-0.4, -0.2) is 27.8 Å². The Labute approximate surface area is 248 Å². The second-order valence-electron chi connectivity index (χ2n) is 10.9. The van der Waals surface area contributed by atoms with E-state index in [1.54, 1.807) is 18.2 Å².